The molecule has 0 saturated carbocycles. The molecule has 1 heterocycles. The lowest BCUT2D eigenvalue weighted by molar-refractivity contribution is -0.140. The summed E-state index contributed by atoms with van der Waals surface area (Å²) in [6, 6.07) is 0. The summed E-state index contributed by atoms with van der Waals surface area (Å²) in [6.45, 7) is 6.18. The lowest BCUT2D eigenvalue weighted by Gasteiger charge is -2.29. The predicted octanol–water partition coefficient (Wildman–Crippen LogP) is 1.18. The van der Waals surface area contributed by atoms with Crippen molar-refractivity contribution in [2.45, 2.75) is 33.3 Å². The number of amides is 1. The van der Waals surface area contributed by atoms with Crippen LogP contribution in [0.4, 0.5) is 4.79 Å². The van der Waals surface area contributed by atoms with Gasteiger partial charge in [0.2, 0.25) is 0 Å². The van der Waals surface area contributed by atoms with E-state index in [2.05, 4.69) is 4.74 Å². The summed E-state index contributed by atoms with van der Waals surface area (Å²) in [5.41, 5.74) is -1.10. The Bertz CT molecular complexity index is 460. The van der Waals surface area contributed by atoms with Crippen LogP contribution in [0, 0.1) is 0 Å². The molecule has 0 radical (unpaired) electrons. The van der Waals surface area contributed by atoms with Gasteiger partial charge in [-0.05, 0) is 27.7 Å². The largest absolute Gasteiger partial charge is 0.509 e. The number of hydrogen-bond donors (Lipinski definition) is 1. The van der Waals surface area contributed by atoms with Crippen molar-refractivity contribution in [1.82, 2.24) is 4.90 Å². The molecule has 0 unspecified atom stereocenters. The SMILES string of the molecule is CCOC(=O)C1=C(O)CN(C(=O)OC(C)(C)C)CC1=O. The standard InChI is InChI=1S/C13H19NO6/c1-5-19-11(17)10-8(15)6-14(7-9(10)16)12(18)20-13(2,3)4/h15H,5-7H2,1-4H3. The molecule has 0 aliphatic carbocycles. The van der Waals surface area contributed by atoms with Crippen molar-refractivity contribution in [1.29, 1.82) is 0 Å². The lowest BCUT2D eigenvalue weighted by Crippen LogP contribution is -2.45. The molecule has 7 heteroatoms. The summed E-state index contributed by atoms with van der Waals surface area (Å²) >= 11 is 0. The Hall–Kier alpha value is -2.05. The fourth-order valence-electron chi connectivity index (χ4n) is 1.62. The molecule has 0 bridgehead atoms. The number of aliphatic hydroxyl groups is 1. The number of carbonyl (C=O) groups is 3. The quantitative estimate of drug-likeness (QED) is 0.605. The molecule has 0 aromatic rings. The second-order valence-corrected chi connectivity index (χ2v) is 5.30. The average molecular weight is 285 g/mol. The van der Waals surface area contributed by atoms with Gasteiger partial charge in [-0.15, -0.1) is 0 Å². The Balaban J connectivity index is 2.85. The molecule has 0 atom stereocenters. The molecule has 7 nitrogen and oxygen atoms in total. The molecule has 0 aromatic heterocycles. The van der Waals surface area contributed by atoms with E-state index in [0.29, 0.717) is 0 Å². The fourth-order valence-corrected chi connectivity index (χ4v) is 1.62. The van der Waals surface area contributed by atoms with Crippen LogP contribution in [-0.2, 0) is 19.1 Å². The molecule has 0 fully saturated rings. The molecule has 1 N–H and O–H groups in total. The molecule has 1 aliphatic heterocycles. The second-order valence-electron chi connectivity index (χ2n) is 5.30. The van der Waals surface area contributed by atoms with Gasteiger partial charge in [0.1, 0.15) is 16.9 Å². The van der Waals surface area contributed by atoms with E-state index in [9.17, 15) is 19.5 Å². The number of aliphatic hydroxyl groups excluding tert-OH is 1. The van der Waals surface area contributed by atoms with E-state index >= 15 is 0 Å². The van der Waals surface area contributed by atoms with Crippen molar-refractivity contribution in [3.05, 3.63) is 11.3 Å². The van der Waals surface area contributed by atoms with Crippen LogP contribution in [0.5, 0.6) is 0 Å². The molecule has 1 rings (SSSR count). The summed E-state index contributed by atoms with van der Waals surface area (Å²) in [4.78, 5) is 36.2. The molecule has 1 amide bonds. The zero-order chi connectivity index (χ0) is 15.5. The van der Waals surface area contributed by atoms with Crippen LogP contribution in [0.2, 0.25) is 0 Å². The van der Waals surface area contributed by atoms with Crippen molar-refractivity contribution in [3.63, 3.8) is 0 Å². The highest BCUT2D eigenvalue weighted by Gasteiger charge is 2.35. The summed E-state index contributed by atoms with van der Waals surface area (Å²) in [5, 5.41) is 9.76. The summed E-state index contributed by atoms with van der Waals surface area (Å²) in [7, 11) is 0. The van der Waals surface area contributed by atoms with Gasteiger partial charge in [-0.3, -0.25) is 9.69 Å². The number of esters is 1. The van der Waals surface area contributed by atoms with Crippen molar-refractivity contribution < 1.29 is 29.0 Å². The van der Waals surface area contributed by atoms with Crippen molar-refractivity contribution in [2.75, 3.05) is 19.7 Å². The van der Waals surface area contributed by atoms with Crippen LogP contribution >= 0.6 is 0 Å². The Labute approximate surface area is 117 Å². The van der Waals surface area contributed by atoms with Crippen LogP contribution in [0.15, 0.2) is 11.3 Å². The zero-order valence-electron chi connectivity index (χ0n) is 12.1. The molecule has 0 aromatic carbocycles. The zero-order valence-corrected chi connectivity index (χ0v) is 12.1. The van der Waals surface area contributed by atoms with Crippen LogP contribution < -0.4 is 0 Å². The highest BCUT2D eigenvalue weighted by molar-refractivity contribution is 6.19. The molecule has 0 saturated heterocycles. The topological polar surface area (TPSA) is 93.1 Å². The van der Waals surface area contributed by atoms with Crippen molar-refractivity contribution in [3.8, 4) is 0 Å². The fraction of sp³-hybridized carbons (Fsp3) is 0.615. The third-order valence-electron chi connectivity index (χ3n) is 2.37. The maximum absolute atomic E-state index is 11.8. The molecule has 0 spiro atoms. The number of hydrogen-bond acceptors (Lipinski definition) is 6. The van der Waals surface area contributed by atoms with Gasteiger partial charge in [0.15, 0.2) is 5.78 Å². The van der Waals surface area contributed by atoms with Crippen LogP contribution in [0.3, 0.4) is 0 Å². The third kappa shape index (κ3) is 3.97. The number of rotatable bonds is 2. The maximum atomic E-state index is 11.8. The van der Waals surface area contributed by atoms with E-state index in [1.807, 2.05) is 0 Å². The Morgan fingerprint density at radius 1 is 1.30 bits per heavy atom. The lowest BCUT2D eigenvalue weighted by atomic mass is 10.1. The predicted molar refractivity (Wildman–Crippen MR) is 69.1 cm³/mol. The summed E-state index contributed by atoms with van der Waals surface area (Å²) in [5.74, 6) is -2.03. The Kier molecular flexibility index (Phi) is 4.75. The minimum atomic E-state index is -0.876. The van der Waals surface area contributed by atoms with Gasteiger partial charge in [-0.2, -0.15) is 0 Å². The second kappa shape index (κ2) is 5.94. The molecule has 112 valence electrons. The number of ether oxygens (including phenoxy) is 2. The monoisotopic (exact) mass is 285 g/mol. The first-order valence-corrected chi connectivity index (χ1v) is 6.26. The van der Waals surface area contributed by atoms with Crippen molar-refractivity contribution >= 4 is 17.8 Å². The van der Waals surface area contributed by atoms with Gasteiger partial charge in [-0.1, -0.05) is 0 Å². The van der Waals surface area contributed by atoms with Gasteiger partial charge < -0.3 is 14.6 Å². The number of nitrogens with zero attached hydrogens (tertiary/aromatic N) is 1. The highest BCUT2D eigenvalue weighted by atomic mass is 16.6. The van der Waals surface area contributed by atoms with Gasteiger partial charge in [0, 0.05) is 0 Å². The number of carbonyl (C=O) groups excluding carboxylic acids is 3. The maximum Gasteiger partial charge on any atom is 0.411 e. The van der Waals surface area contributed by atoms with Crippen molar-refractivity contribution in [2.24, 2.45) is 0 Å². The van der Waals surface area contributed by atoms with E-state index in [4.69, 9.17) is 4.74 Å². The van der Waals surface area contributed by atoms with Gasteiger partial charge in [0.25, 0.3) is 0 Å². The molecular formula is C13H19NO6. The van der Waals surface area contributed by atoms with Crippen LogP contribution in [0.1, 0.15) is 27.7 Å². The van der Waals surface area contributed by atoms with Gasteiger partial charge >= 0.3 is 12.1 Å². The normalized spacial score (nSPS) is 16.2. The van der Waals surface area contributed by atoms with E-state index in [1.165, 1.54) is 0 Å². The molecule has 1 aliphatic rings. The van der Waals surface area contributed by atoms with Crippen LogP contribution in [-0.4, -0.2) is 53.1 Å². The molecule has 20 heavy (non-hydrogen) atoms. The third-order valence-corrected chi connectivity index (χ3v) is 2.37. The van der Waals surface area contributed by atoms with E-state index in [1.54, 1.807) is 27.7 Å². The Morgan fingerprint density at radius 3 is 2.35 bits per heavy atom. The minimum Gasteiger partial charge on any atom is -0.509 e. The summed E-state index contributed by atoms with van der Waals surface area (Å²) < 4.78 is 9.79. The van der Waals surface area contributed by atoms with E-state index < -0.39 is 34.8 Å². The average Bonchev–Trinajstić information content (AvgIpc) is 2.25. The minimum absolute atomic E-state index is 0.0959. The number of ketones is 1. The smallest absolute Gasteiger partial charge is 0.411 e. The number of Topliss-reactive ketones (excluding diaryl/α,β-unsaturated/α-hetero) is 1. The van der Waals surface area contributed by atoms with Crippen LogP contribution in [0.25, 0.3) is 0 Å². The summed E-state index contributed by atoms with van der Waals surface area (Å²) in [6.07, 6.45) is -0.722. The molecular weight excluding hydrogens is 266 g/mol. The van der Waals surface area contributed by atoms with E-state index in [0.717, 1.165) is 4.90 Å². The van der Waals surface area contributed by atoms with Gasteiger partial charge in [-0.25, -0.2) is 9.59 Å². The first-order valence-electron chi connectivity index (χ1n) is 6.26. The van der Waals surface area contributed by atoms with Gasteiger partial charge in [0.05, 0.1) is 19.7 Å². The Morgan fingerprint density at radius 2 is 1.90 bits per heavy atom. The first kappa shape index (κ1) is 16.0. The highest BCUT2D eigenvalue weighted by Crippen LogP contribution is 2.18. The first-order chi connectivity index (χ1) is 9.15. The van der Waals surface area contributed by atoms with E-state index in [-0.39, 0.29) is 19.7 Å².